The van der Waals surface area contributed by atoms with Crippen molar-refractivity contribution in [3.63, 3.8) is 0 Å². The first kappa shape index (κ1) is 39.5. The fraction of sp³-hybridized carbons (Fsp3) is 0.372. The number of anilines is 1. The van der Waals surface area contributed by atoms with Crippen LogP contribution < -0.4 is 10.2 Å². The minimum atomic E-state index is -4.55. The van der Waals surface area contributed by atoms with Crippen LogP contribution in [-0.4, -0.2) is 81.7 Å². The van der Waals surface area contributed by atoms with Gasteiger partial charge in [-0.25, -0.2) is 19.3 Å². The number of benzene rings is 3. The van der Waals surface area contributed by atoms with E-state index in [1.165, 1.54) is 17.9 Å². The molecule has 2 fully saturated rings. The van der Waals surface area contributed by atoms with Crippen molar-refractivity contribution in [2.75, 3.05) is 37.7 Å². The molecule has 0 aliphatic carbocycles. The van der Waals surface area contributed by atoms with Gasteiger partial charge in [0.25, 0.3) is 0 Å². The van der Waals surface area contributed by atoms with E-state index in [1.807, 2.05) is 66.7 Å². The number of amides is 2. The number of carbonyl (C=O) groups excluding carboxylic acids is 2. The molecule has 1 unspecified atom stereocenters. The van der Waals surface area contributed by atoms with Crippen LogP contribution >= 0.6 is 0 Å². The molecule has 5 aromatic rings. The number of halogens is 3. The maximum absolute atomic E-state index is 14.1. The fourth-order valence-corrected chi connectivity index (χ4v) is 7.27. The van der Waals surface area contributed by atoms with Crippen LogP contribution in [0.15, 0.2) is 89.9 Å². The summed E-state index contributed by atoms with van der Waals surface area (Å²) >= 11 is 0. The molecule has 0 bridgehead atoms. The zero-order valence-electron chi connectivity index (χ0n) is 32.5. The van der Waals surface area contributed by atoms with Gasteiger partial charge < -0.3 is 19.7 Å². The third kappa shape index (κ3) is 8.96. The summed E-state index contributed by atoms with van der Waals surface area (Å²) in [6.45, 7) is 9.21. The van der Waals surface area contributed by atoms with Crippen LogP contribution in [0.4, 0.5) is 29.5 Å². The maximum atomic E-state index is 14.1. The number of hydrogen-bond acceptors (Lipinski definition) is 8. The Hall–Kier alpha value is -5.76. The Labute approximate surface area is 329 Å². The lowest BCUT2D eigenvalue weighted by molar-refractivity contribution is -0.138. The molecule has 3 aromatic carbocycles. The Morgan fingerprint density at radius 3 is 2.23 bits per heavy atom. The second kappa shape index (κ2) is 16.4. The SMILES string of the molecule is Cc1c(Cc2c(CNC(=O)C3CCCN3C(=O)OC(C)(C)C)nc3c(N=C(c4ccccc4)c4ccccc4)cc(N4CCOCC4)nn23)cccc1C(F)(F)F. The largest absolute Gasteiger partial charge is 0.444 e. The minimum Gasteiger partial charge on any atom is -0.444 e. The van der Waals surface area contributed by atoms with E-state index in [4.69, 9.17) is 24.5 Å². The lowest BCUT2D eigenvalue weighted by atomic mass is 9.98. The molecule has 0 saturated carbocycles. The molecular formula is C43H46F3N7O4. The quantitative estimate of drug-likeness (QED) is 0.153. The van der Waals surface area contributed by atoms with Crippen molar-refractivity contribution < 1.29 is 32.2 Å². The number of morpholine rings is 1. The zero-order valence-corrected chi connectivity index (χ0v) is 32.5. The van der Waals surface area contributed by atoms with Crippen molar-refractivity contribution in [3.05, 3.63) is 124 Å². The first-order chi connectivity index (χ1) is 27.3. The van der Waals surface area contributed by atoms with Crippen LogP contribution in [0.2, 0.25) is 0 Å². The molecule has 2 aliphatic rings. The number of aromatic nitrogens is 3. The number of ether oxygens (including phenoxy) is 2. The van der Waals surface area contributed by atoms with Crippen molar-refractivity contribution in [2.24, 2.45) is 4.99 Å². The van der Waals surface area contributed by atoms with Crippen molar-refractivity contribution in [3.8, 4) is 0 Å². The highest BCUT2D eigenvalue weighted by Crippen LogP contribution is 2.35. The van der Waals surface area contributed by atoms with Crippen LogP contribution in [0.1, 0.15) is 72.8 Å². The summed E-state index contributed by atoms with van der Waals surface area (Å²) in [5, 5.41) is 8.04. The maximum Gasteiger partial charge on any atom is 0.416 e. The van der Waals surface area contributed by atoms with E-state index >= 15 is 0 Å². The zero-order chi connectivity index (χ0) is 40.3. The second-order valence-electron chi connectivity index (χ2n) is 15.2. The number of nitrogens with zero attached hydrogens (tertiary/aromatic N) is 6. The summed E-state index contributed by atoms with van der Waals surface area (Å²) in [4.78, 5) is 40.7. The molecule has 2 saturated heterocycles. The number of alkyl halides is 3. The van der Waals surface area contributed by atoms with E-state index in [0.717, 1.165) is 17.2 Å². The van der Waals surface area contributed by atoms with Crippen molar-refractivity contribution in [1.82, 2.24) is 24.8 Å². The molecule has 57 heavy (non-hydrogen) atoms. The van der Waals surface area contributed by atoms with Crippen LogP contribution in [0.5, 0.6) is 0 Å². The van der Waals surface area contributed by atoms with Gasteiger partial charge in [0.15, 0.2) is 11.5 Å². The smallest absolute Gasteiger partial charge is 0.416 e. The van der Waals surface area contributed by atoms with Crippen LogP contribution in [0.25, 0.3) is 5.65 Å². The number of rotatable bonds is 9. The minimum absolute atomic E-state index is 0.0303. The second-order valence-corrected chi connectivity index (χ2v) is 15.2. The third-order valence-corrected chi connectivity index (χ3v) is 10.1. The summed E-state index contributed by atoms with van der Waals surface area (Å²) < 4.78 is 55.3. The van der Waals surface area contributed by atoms with Gasteiger partial charge in [0.05, 0.1) is 42.4 Å². The molecule has 1 atom stereocenters. The summed E-state index contributed by atoms with van der Waals surface area (Å²) in [6.07, 6.45) is -4.00. The molecule has 11 nitrogen and oxygen atoms in total. The van der Waals surface area contributed by atoms with E-state index in [-0.39, 0.29) is 24.4 Å². The standard InChI is InChI=1S/C43H46F3N7O4/c1-28-31(17-11-18-32(28)43(44,45)46)25-36-34(27-47-40(54)35-19-12-20-52(35)41(55)57-42(2,3)4)49-39-33(26-37(50-53(36)39)51-21-23-56-24-22-51)48-38(29-13-7-5-8-14-29)30-15-9-6-10-16-30/h5-11,13-18,26,35H,12,19-25,27H2,1-4H3,(H,47,54). The van der Waals surface area contributed by atoms with E-state index in [0.29, 0.717) is 85.5 Å². The lowest BCUT2D eigenvalue weighted by Gasteiger charge is -2.28. The predicted octanol–water partition coefficient (Wildman–Crippen LogP) is 7.67. The number of aliphatic imine (C=N–C) groups is 1. The third-order valence-electron chi connectivity index (χ3n) is 10.1. The molecule has 0 spiro atoms. The van der Waals surface area contributed by atoms with Gasteiger partial charge in [0.2, 0.25) is 5.91 Å². The first-order valence-electron chi connectivity index (χ1n) is 19.1. The van der Waals surface area contributed by atoms with E-state index in [1.54, 1.807) is 31.4 Å². The average molecular weight is 782 g/mol. The van der Waals surface area contributed by atoms with E-state index in [2.05, 4.69) is 10.2 Å². The van der Waals surface area contributed by atoms with Gasteiger partial charge in [-0.05, 0) is 57.7 Å². The van der Waals surface area contributed by atoms with Crippen LogP contribution in [-0.2, 0) is 33.4 Å². The van der Waals surface area contributed by atoms with Gasteiger partial charge in [-0.3, -0.25) is 9.69 Å². The topological polar surface area (TPSA) is 114 Å². The summed E-state index contributed by atoms with van der Waals surface area (Å²) in [5.74, 6) is 0.214. The van der Waals surface area contributed by atoms with Gasteiger partial charge >= 0.3 is 12.3 Å². The highest BCUT2D eigenvalue weighted by molar-refractivity contribution is 6.14. The average Bonchev–Trinajstić information content (AvgIpc) is 3.82. The Morgan fingerprint density at radius 2 is 1.60 bits per heavy atom. The summed E-state index contributed by atoms with van der Waals surface area (Å²) in [6, 6.07) is 24.8. The highest BCUT2D eigenvalue weighted by atomic mass is 19.4. The predicted molar refractivity (Wildman–Crippen MR) is 211 cm³/mol. The highest BCUT2D eigenvalue weighted by Gasteiger charge is 2.37. The number of imidazole rings is 1. The Kier molecular flexibility index (Phi) is 11.3. The van der Waals surface area contributed by atoms with Gasteiger partial charge in [-0.1, -0.05) is 72.8 Å². The molecule has 2 amide bonds. The number of likely N-dealkylation sites (tertiary alicyclic amines) is 1. The first-order valence-corrected chi connectivity index (χ1v) is 19.1. The summed E-state index contributed by atoms with van der Waals surface area (Å²) in [7, 11) is 0. The Morgan fingerprint density at radius 1 is 0.930 bits per heavy atom. The van der Waals surface area contributed by atoms with Crippen molar-refractivity contribution >= 4 is 34.9 Å². The van der Waals surface area contributed by atoms with E-state index < -0.39 is 29.5 Å². The lowest BCUT2D eigenvalue weighted by Crippen LogP contribution is -2.47. The molecule has 1 N–H and O–H groups in total. The van der Waals surface area contributed by atoms with Gasteiger partial charge in [0, 0.05) is 43.2 Å². The molecule has 2 aliphatic heterocycles. The van der Waals surface area contributed by atoms with E-state index in [9.17, 15) is 22.8 Å². The molecule has 2 aromatic heterocycles. The molecule has 298 valence electrons. The van der Waals surface area contributed by atoms with Gasteiger partial charge in [0.1, 0.15) is 17.3 Å². The van der Waals surface area contributed by atoms with Crippen LogP contribution in [0.3, 0.4) is 0 Å². The Bertz CT molecular complexity index is 2220. The van der Waals surface area contributed by atoms with Crippen molar-refractivity contribution in [1.29, 1.82) is 0 Å². The molecule has 14 heteroatoms. The van der Waals surface area contributed by atoms with Crippen molar-refractivity contribution in [2.45, 2.75) is 71.3 Å². The molecule has 0 radical (unpaired) electrons. The van der Waals surface area contributed by atoms with Gasteiger partial charge in [-0.2, -0.15) is 13.2 Å². The van der Waals surface area contributed by atoms with Gasteiger partial charge in [-0.15, -0.1) is 5.10 Å². The fourth-order valence-electron chi connectivity index (χ4n) is 7.27. The van der Waals surface area contributed by atoms with Crippen LogP contribution in [0, 0.1) is 6.92 Å². The molecular weight excluding hydrogens is 736 g/mol. The number of nitrogens with one attached hydrogen (secondary N) is 1. The molecule has 4 heterocycles. The molecule has 7 rings (SSSR count). The number of hydrogen-bond donors (Lipinski definition) is 1. The Balaban J connectivity index is 1.37. The normalized spacial score (nSPS) is 16.2. The summed E-state index contributed by atoms with van der Waals surface area (Å²) in [5.41, 5.74) is 3.26. The number of fused-ring (bicyclic) bond motifs is 1. The monoisotopic (exact) mass is 781 g/mol. The number of carbonyl (C=O) groups is 2.